The van der Waals surface area contributed by atoms with Crippen molar-refractivity contribution in [1.29, 1.82) is 0 Å². The Hall–Kier alpha value is 1.65. The zero-order valence-corrected chi connectivity index (χ0v) is 25.5. The molecule has 0 N–H and O–H groups in total. The van der Waals surface area contributed by atoms with Crippen molar-refractivity contribution in [3.63, 3.8) is 0 Å². The summed E-state index contributed by atoms with van der Waals surface area (Å²) in [6.45, 7) is 0. The molecule has 2 unspecified atom stereocenters. The molecule has 0 aliphatic carbocycles. The summed E-state index contributed by atoms with van der Waals surface area (Å²) in [6, 6.07) is 10.3. The number of halogens is 2. The monoisotopic (exact) mass is 765 g/mol. The fourth-order valence-corrected chi connectivity index (χ4v) is 18.6. The number of methoxy groups -OCH3 is 1. The molecule has 1 aliphatic rings. The molecule has 2 nitrogen and oxygen atoms in total. The molecule has 0 aromatic heterocycles. The summed E-state index contributed by atoms with van der Waals surface area (Å²) in [6.07, 6.45) is 2.78. The molecule has 1 aromatic rings. The number of hydrogen-bond acceptors (Lipinski definition) is 2. The van der Waals surface area contributed by atoms with Crippen molar-refractivity contribution in [3.05, 3.63) is 24.3 Å². The summed E-state index contributed by atoms with van der Waals surface area (Å²) < 4.78 is 8.19. The van der Waals surface area contributed by atoms with Gasteiger partial charge in [0.25, 0.3) is 0 Å². The van der Waals surface area contributed by atoms with Crippen LogP contribution >= 0.6 is 23.8 Å². The van der Waals surface area contributed by atoms with E-state index in [9.17, 15) is 0 Å². The number of nitrogens with zero attached hydrogens (tertiary/aromatic N) is 1. The standard InChI is InChI=1S/C13H17NO.2BrH.2Hg/c1-10-4-5-11(2)14(10)12-6-8-13(15-3)9-7-12;;;;/h6-11H,1-2,4-5H2,3H3;2*1H;;/q;;;2*+1/p-2. The Bertz CT molecular complexity index is 377. The zero-order valence-electron chi connectivity index (χ0n) is 11.3. The van der Waals surface area contributed by atoms with Crippen LogP contribution in [0.5, 0.6) is 5.75 Å². The van der Waals surface area contributed by atoms with Crippen LogP contribution in [-0.2, 0) is 44.3 Å². The molecule has 1 saturated heterocycles. The van der Waals surface area contributed by atoms with E-state index in [0.29, 0.717) is 0 Å². The topological polar surface area (TPSA) is 12.5 Å². The Morgan fingerprint density at radius 1 is 1.11 bits per heavy atom. The van der Waals surface area contributed by atoms with Crippen molar-refractivity contribution in [1.82, 2.24) is 0 Å². The third-order valence-electron chi connectivity index (χ3n) is 3.88. The van der Waals surface area contributed by atoms with Crippen LogP contribution in [0.2, 0.25) is 7.86 Å². The summed E-state index contributed by atoms with van der Waals surface area (Å²) in [4.78, 5) is 2.72. The minimum absolute atomic E-state index is 0.733. The first-order valence-electron chi connectivity index (χ1n) is 6.84. The first-order chi connectivity index (χ1) is 9.30. The van der Waals surface area contributed by atoms with Gasteiger partial charge in [-0.15, -0.1) is 0 Å². The maximum absolute atomic E-state index is 5.27. The van der Waals surface area contributed by atoms with Crippen molar-refractivity contribution in [2.75, 3.05) is 12.0 Å². The first-order valence-corrected chi connectivity index (χ1v) is 38.5. The van der Waals surface area contributed by atoms with Gasteiger partial charge in [0.05, 0.1) is 0 Å². The van der Waals surface area contributed by atoms with E-state index in [4.69, 9.17) is 4.74 Å². The van der Waals surface area contributed by atoms with Crippen molar-refractivity contribution in [2.24, 2.45) is 0 Å². The number of ether oxygens (including phenoxy) is 1. The van der Waals surface area contributed by atoms with Gasteiger partial charge in [-0.1, -0.05) is 0 Å². The summed E-state index contributed by atoms with van der Waals surface area (Å²) in [5, 5.41) is 0. The van der Waals surface area contributed by atoms with Gasteiger partial charge in [-0.2, -0.15) is 0 Å². The third kappa shape index (κ3) is 4.56. The van der Waals surface area contributed by atoms with E-state index in [2.05, 4.69) is 53.0 Å². The normalized spacial score (nSPS) is 21.9. The van der Waals surface area contributed by atoms with Gasteiger partial charge in [-0.25, -0.2) is 0 Å². The Kier molecular flexibility index (Phi) is 8.00. The molecule has 0 bridgehead atoms. The number of benzene rings is 1. The summed E-state index contributed by atoms with van der Waals surface area (Å²) in [5.74, 6) is 0.956. The SMILES string of the molecule is COc1ccc(N2C([CH2][Hg][Br])CCC2[CH2][Hg][Br])cc1. The number of hydrogen-bond donors (Lipinski definition) is 0. The molecule has 19 heavy (non-hydrogen) atoms. The van der Waals surface area contributed by atoms with E-state index < -0.39 is 44.3 Å². The van der Waals surface area contributed by atoms with Gasteiger partial charge in [0.1, 0.15) is 0 Å². The first kappa shape index (κ1) is 17.0. The molecule has 1 heterocycles. The molecule has 1 aromatic carbocycles. The van der Waals surface area contributed by atoms with Crippen molar-refractivity contribution < 1.29 is 49.0 Å². The van der Waals surface area contributed by atoms with E-state index in [-0.39, 0.29) is 0 Å². The van der Waals surface area contributed by atoms with Crippen LogP contribution in [0.25, 0.3) is 0 Å². The zero-order chi connectivity index (χ0) is 13.7. The van der Waals surface area contributed by atoms with Gasteiger partial charge in [0.15, 0.2) is 0 Å². The molecule has 0 saturated carbocycles. The van der Waals surface area contributed by atoms with Gasteiger partial charge >= 0.3 is 153 Å². The van der Waals surface area contributed by atoms with E-state index in [1.165, 1.54) is 26.4 Å². The van der Waals surface area contributed by atoms with Crippen LogP contribution in [0.4, 0.5) is 5.69 Å². The van der Waals surface area contributed by atoms with E-state index in [1.807, 2.05) is 0 Å². The number of anilines is 1. The predicted octanol–water partition coefficient (Wildman–Crippen LogP) is 4.65. The molecule has 0 spiro atoms. The van der Waals surface area contributed by atoms with Crippen molar-refractivity contribution in [2.45, 2.75) is 32.8 Å². The molecule has 6 heteroatoms. The summed E-state index contributed by atoms with van der Waals surface area (Å²) in [5.41, 5.74) is 1.40. The fourth-order valence-electron chi connectivity index (χ4n) is 2.96. The van der Waals surface area contributed by atoms with Crippen LogP contribution in [0, 0.1) is 0 Å². The van der Waals surface area contributed by atoms with Crippen LogP contribution in [0.3, 0.4) is 0 Å². The van der Waals surface area contributed by atoms with Gasteiger partial charge in [0.2, 0.25) is 0 Å². The van der Waals surface area contributed by atoms with Crippen LogP contribution in [-0.4, -0.2) is 19.2 Å². The van der Waals surface area contributed by atoms with E-state index in [1.54, 1.807) is 7.11 Å². The second kappa shape index (κ2) is 8.94. The molecule has 98 valence electrons. The average molecular weight is 764 g/mol. The van der Waals surface area contributed by atoms with Crippen molar-refractivity contribution in [3.8, 4) is 5.75 Å². The molecule has 1 fully saturated rings. The minimum atomic E-state index is -0.733. The summed E-state index contributed by atoms with van der Waals surface area (Å²) >= 11 is 6.18. The Morgan fingerprint density at radius 3 is 2.05 bits per heavy atom. The quantitative estimate of drug-likeness (QED) is 0.392. The van der Waals surface area contributed by atoms with E-state index in [0.717, 1.165) is 17.8 Å². The van der Waals surface area contributed by atoms with Crippen LogP contribution in [0.1, 0.15) is 12.8 Å². The fraction of sp³-hybridized carbons (Fsp3) is 0.538. The number of rotatable bonds is 6. The molecule has 2 atom stereocenters. The molecular formula is C13H17Br2Hg2NO. The van der Waals surface area contributed by atoms with E-state index >= 15 is 0 Å². The van der Waals surface area contributed by atoms with Gasteiger partial charge in [-0.3, -0.25) is 0 Å². The van der Waals surface area contributed by atoms with Gasteiger partial charge < -0.3 is 0 Å². The molecule has 0 radical (unpaired) electrons. The van der Waals surface area contributed by atoms with Gasteiger partial charge in [-0.05, 0) is 0 Å². The average Bonchev–Trinajstić information content (AvgIpc) is 2.83. The molecule has 1 aliphatic heterocycles. The Balaban J connectivity index is 2.18. The Labute approximate surface area is 151 Å². The second-order valence-electron chi connectivity index (χ2n) is 4.95. The Morgan fingerprint density at radius 2 is 1.63 bits per heavy atom. The third-order valence-corrected chi connectivity index (χ3v) is 18.8. The maximum atomic E-state index is 5.27. The second-order valence-corrected chi connectivity index (χ2v) is 26.3. The van der Waals surface area contributed by atoms with Crippen molar-refractivity contribution >= 4 is 29.5 Å². The summed E-state index contributed by atoms with van der Waals surface area (Å²) in [7, 11) is 1.73. The molecular weight excluding hydrogens is 747 g/mol. The van der Waals surface area contributed by atoms with Crippen LogP contribution < -0.4 is 9.64 Å². The van der Waals surface area contributed by atoms with Gasteiger partial charge in [0, 0.05) is 0 Å². The molecule has 0 amide bonds. The van der Waals surface area contributed by atoms with Crippen LogP contribution in [0.15, 0.2) is 24.3 Å². The predicted molar refractivity (Wildman–Crippen MR) is 79.8 cm³/mol. The molecule has 2 rings (SSSR count).